The first-order chi connectivity index (χ1) is 9.92. The quantitative estimate of drug-likeness (QED) is 0.834. The molecule has 7 heteroatoms. The van der Waals surface area contributed by atoms with Crippen molar-refractivity contribution in [2.75, 3.05) is 6.54 Å². The molecule has 1 N–H and O–H groups in total. The number of ether oxygens (including phenoxy) is 1. The van der Waals surface area contributed by atoms with Crippen LogP contribution in [0.4, 0.5) is 13.2 Å². The Hall–Kier alpha value is -2.02. The first kappa shape index (κ1) is 15.4. The zero-order valence-corrected chi connectivity index (χ0v) is 11.5. The minimum absolute atomic E-state index is 0.209. The monoisotopic (exact) mass is 299 g/mol. The summed E-state index contributed by atoms with van der Waals surface area (Å²) < 4.78 is 41.6. The molecular formula is C14H16F3N3O. The topological polar surface area (TPSA) is 39.1 Å². The van der Waals surface area contributed by atoms with Gasteiger partial charge in [0, 0.05) is 32.8 Å². The van der Waals surface area contributed by atoms with Crippen LogP contribution < -0.4 is 10.1 Å². The van der Waals surface area contributed by atoms with E-state index in [4.69, 9.17) is 0 Å². The van der Waals surface area contributed by atoms with E-state index in [1.165, 1.54) is 12.1 Å². The molecule has 0 atom stereocenters. The van der Waals surface area contributed by atoms with Crippen LogP contribution in [0.25, 0.3) is 0 Å². The number of hydrogen-bond donors (Lipinski definition) is 1. The van der Waals surface area contributed by atoms with Crippen molar-refractivity contribution in [2.45, 2.75) is 19.3 Å². The molecule has 0 saturated carbocycles. The summed E-state index contributed by atoms with van der Waals surface area (Å²) in [6.45, 7) is 1.33. The molecule has 1 aromatic heterocycles. The van der Waals surface area contributed by atoms with Crippen molar-refractivity contribution >= 4 is 0 Å². The number of rotatable bonds is 6. The minimum atomic E-state index is -4.65. The van der Waals surface area contributed by atoms with E-state index >= 15 is 0 Å². The van der Waals surface area contributed by atoms with Gasteiger partial charge in [0.1, 0.15) is 5.75 Å². The van der Waals surface area contributed by atoms with Gasteiger partial charge in [-0.15, -0.1) is 13.2 Å². The highest BCUT2D eigenvalue weighted by atomic mass is 19.4. The maximum atomic E-state index is 12.0. The van der Waals surface area contributed by atoms with Gasteiger partial charge in [-0.1, -0.05) is 12.1 Å². The molecule has 0 aliphatic heterocycles. The molecule has 21 heavy (non-hydrogen) atoms. The maximum Gasteiger partial charge on any atom is 0.573 e. The summed E-state index contributed by atoms with van der Waals surface area (Å²) >= 11 is 0. The van der Waals surface area contributed by atoms with Gasteiger partial charge in [-0.3, -0.25) is 4.68 Å². The number of hydrogen-bond acceptors (Lipinski definition) is 3. The van der Waals surface area contributed by atoms with E-state index in [9.17, 15) is 13.2 Å². The molecule has 4 nitrogen and oxygen atoms in total. The van der Waals surface area contributed by atoms with Gasteiger partial charge < -0.3 is 10.1 Å². The van der Waals surface area contributed by atoms with Crippen molar-refractivity contribution in [3.05, 3.63) is 47.8 Å². The van der Waals surface area contributed by atoms with Crippen LogP contribution in [-0.4, -0.2) is 22.7 Å². The molecule has 0 bridgehead atoms. The molecular weight excluding hydrogens is 283 g/mol. The zero-order chi connectivity index (χ0) is 15.3. The second-order valence-corrected chi connectivity index (χ2v) is 4.60. The van der Waals surface area contributed by atoms with Crippen LogP contribution in [0.1, 0.15) is 11.3 Å². The van der Waals surface area contributed by atoms with Gasteiger partial charge in [0.15, 0.2) is 0 Å². The number of aromatic nitrogens is 2. The van der Waals surface area contributed by atoms with Crippen molar-refractivity contribution in [3.63, 3.8) is 0 Å². The fraction of sp³-hybridized carbons (Fsp3) is 0.357. The highest BCUT2D eigenvalue weighted by molar-refractivity contribution is 5.27. The SMILES string of the molecule is Cn1ccc(CCNCc2ccc(OC(F)(F)F)cc2)n1. The van der Waals surface area contributed by atoms with E-state index in [1.807, 2.05) is 19.3 Å². The molecule has 1 heterocycles. The maximum absolute atomic E-state index is 12.0. The normalized spacial score (nSPS) is 11.6. The van der Waals surface area contributed by atoms with Crippen LogP contribution >= 0.6 is 0 Å². The highest BCUT2D eigenvalue weighted by Gasteiger charge is 2.30. The standard InChI is InChI=1S/C14H16F3N3O/c1-20-9-7-12(19-20)6-8-18-10-11-2-4-13(5-3-11)21-14(15,16)17/h2-5,7,9,18H,6,8,10H2,1H3. The number of aryl methyl sites for hydroxylation is 1. The van der Waals surface area contributed by atoms with E-state index < -0.39 is 6.36 Å². The Labute approximate surface area is 120 Å². The summed E-state index contributed by atoms with van der Waals surface area (Å²) in [4.78, 5) is 0. The van der Waals surface area contributed by atoms with Gasteiger partial charge in [0.05, 0.1) is 5.69 Å². The summed E-state index contributed by atoms with van der Waals surface area (Å²) in [5, 5.41) is 7.47. The second kappa shape index (κ2) is 6.62. The summed E-state index contributed by atoms with van der Waals surface area (Å²) in [6.07, 6.45) is -1.97. The molecule has 0 aliphatic rings. The van der Waals surface area contributed by atoms with Crippen molar-refractivity contribution < 1.29 is 17.9 Å². The highest BCUT2D eigenvalue weighted by Crippen LogP contribution is 2.22. The van der Waals surface area contributed by atoms with Crippen molar-refractivity contribution in [3.8, 4) is 5.75 Å². The molecule has 0 aliphatic carbocycles. The average molecular weight is 299 g/mol. The molecule has 0 spiro atoms. The first-order valence-electron chi connectivity index (χ1n) is 6.46. The lowest BCUT2D eigenvalue weighted by Gasteiger charge is -2.09. The van der Waals surface area contributed by atoms with Crippen molar-refractivity contribution in [2.24, 2.45) is 7.05 Å². The number of alkyl halides is 3. The number of halogens is 3. The Morgan fingerprint density at radius 1 is 1.19 bits per heavy atom. The molecule has 114 valence electrons. The third-order valence-electron chi connectivity index (χ3n) is 2.81. The van der Waals surface area contributed by atoms with Gasteiger partial charge in [0.25, 0.3) is 0 Å². The molecule has 2 rings (SSSR count). The lowest BCUT2D eigenvalue weighted by atomic mass is 10.2. The fourth-order valence-electron chi connectivity index (χ4n) is 1.85. The van der Waals surface area contributed by atoms with Gasteiger partial charge >= 0.3 is 6.36 Å². The van der Waals surface area contributed by atoms with E-state index in [2.05, 4.69) is 15.2 Å². The van der Waals surface area contributed by atoms with Gasteiger partial charge in [-0.05, 0) is 23.8 Å². The van der Waals surface area contributed by atoms with Gasteiger partial charge in [-0.2, -0.15) is 5.10 Å². The Morgan fingerprint density at radius 3 is 2.48 bits per heavy atom. The number of nitrogens with zero attached hydrogens (tertiary/aromatic N) is 2. The third-order valence-corrected chi connectivity index (χ3v) is 2.81. The van der Waals surface area contributed by atoms with Crippen LogP contribution in [0.2, 0.25) is 0 Å². The summed E-state index contributed by atoms with van der Waals surface area (Å²) in [7, 11) is 1.86. The van der Waals surface area contributed by atoms with E-state index in [0.717, 1.165) is 24.2 Å². The Balaban J connectivity index is 1.73. The van der Waals surface area contributed by atoms with Crippen LogP contribution in [0, 0.1) is 0 Å². The second-order valence-electron chi connectivity index (χ2n) is 4.60. The molecule has 0 unspecified atom stereocenters. The molecule has 1 aromatic carbocycles. The lowest BCUT2D eigenvalue weighted by molar-refractivity contribution is -0.274. The van der Waals surface area contributed by atoms with E-state index in [1.54, 1.807) is 16.8 Å². The lowest BCUT2D eigenvalue weighted by Crippen LogP contribution is -2.18. The van der Waals surface area contributed by atoms with Crippen molar-refractivity contribution in [1.29, 1.82) is 0 Å². The predicted octanol–water partition coefficient (Wildman–Crippen LogP) is 2.65. The molecule has 0 fully saturated rings. The average Bonchev–Trinajstić information content (AvgIpc) is 2.81. The zero-order valence-electron chi connectivity index (χ0n) is 11.5. The van der Waals surface area contributed by atoms with Gasteiger partial charge in [0.2, 0.25) is 0 Å². The minimum Gasteiger partial charge on any atom is -0.406 e. The summed E-state index contributed by atoms with van der Waals surface area (Å²) in [6, 6.07) is 7.78. The molecule has 0 amide bonds. The Morgan fingerprint density at radius 2 is 1.90 bits per heavy atom. The molecule has 0 radical (unpaired) electrons. The molecule has 0 saturated heterocycles. The fourth-order valence-corrected chi connectivity index (χ4v) is 1.85. The summed E-state index contributed by atoms with van der Waals surface area (Å²) in [5.74, 6) is -0.209. The van der Waals surface area contributed by atoms with Gasteiger partial charge in [-0.25, -0.2) is 0 Å². The van der Waals surface area contributed by atoms with Crippen LogP contribution in [0.3, 0.4) is 0 Å². The van der Waals surface area contributed by atoms with Crippen molar-refractivity contribution in [1.82, 2.24) is 15.1 Å². The third kappa shape index (κ3) is 5.47. The van der Waals surface area contributed by atoms with Crippen LogP contribution in [-0.2, 0) is 20.0 Å². The number of nitrogens with one attached hydrogen (secondary N) is 1. The summed E-state index contributed by atoms with van der Waals surface area (Å²) in [5.41, 5.74) is 1.89. The smallest absolute Gasteiger partial charge is 0.406 e. The molecule has 2 aromatic rings. The first-order valence-corrected chi connectivity index (χ1v) is 6.46. The number of benzene rings is 1. The predicted molar refractivity (Wildman–Crippen MR) is 71.7 cm³/mol. The van der Waals surface area contributed by atoms with Crippen LogP contribution in [0.5, 0.6) is 5.75 Å². The van der Waals surface area contributed by atoms with Crippen LogP contribution in [0.15, 0.2) is 36.5 Å². The van der Waals surface area contributed by atoms with E-state index in [0.29, 0.717) is 6.54 Å². The Bertz CT molecular complexity index is 564. The Kier molecular flexibility index (Phi) is 4.85. The van der Waals surface area contributed by atoms with E-state index in [-0.39, 0.29) is 5.75 Å². The largest absolute Gasteiger partial charge is 0.573 e.